The number of hydrogen-bond donors (Lipinski definition) is 4. The molecular weight excluding hydrogens is 737 g/mol. The topological polar surface area (TPSA) is 149 Å². The molecule has 1 saturated carbocycles. The fraction of sp³-hybridized carbons (Fsp3) is 0.410. The van der Waals surface area contributed by atoms with Crippen LogP contribution >= 0.6 is 15.9 Å². The number of carbonyl (C=O) groups is 3. The predicted molar refractivity (Wildman–Crippen MR) is 194 cm³/mol. The van der Waals surface area contributed by atoms with Crippen molar-refractivity contribution in [1.82, 2.24) is 15.1 Å². The van der Waals surface area contributed by atoms with Gasteiger partial charge in [0.1, 0.15) is 23.9 Å². The third-order valence-corrected chi connectivity index (χ3v) is 10.3. The number of aliphatic carboxylic acids is 1. The van der Waals surface area contributed by atoms with Gasteiger partial charge in [-0.25, -0.2) is 9.18 Å². The number of aliphatic hydroxyl groups is 2. The number of benzene rings is 3. The maximum Gasteiger partial charge on any atom is 0.335 e. The van der Waals surface area contributed by atoms with E-state index in [4.69, 9.17) is 9.47 Å². The Morgan fingerprint density at radius 2 is 1.77 bits per heavy atom. The lowest BCUT2D eigenvalue weighted by Crippen LogP contribution is -2.64. The van der Waals surface area contributed by atoms with E-state index in [1.807, 2.05) is 60.4 Å². The molecule has 1 saturated heterocycles. The van der Waals surface area contributed by atoms with Crippen LogP contribution < -0.4 is 14.8 Å². The van der Waals surface area contributed by atoms with Gasteiger partial charge < -0.3 is 39.9 Å². The zero-order valence-electron chi connectivity index (χ0n) is 28.8. The molecule has 2 fully saturated rings. The number of rotatable bonds is 15. The molecule has 2 aliphatic heterocycles. The Morgan fingerprint density at radius 1 is 1.00 bits per heavy atom. The van der Waals surface area contributed by atoms with Crippen LogP contribution in [0.1, 0.15) is 42.4 Å². The standard InChI is InChI=1S/C39H43BrFN3O8/c1-23-4-2-6-29(18-23)51-17-15-44(28-12-13-28)37(47)34-30(20-27-21-43(22-32(34)42-27)38(48)35(45)36(46)39(49)50)25-9-7-24(8-10-25)5-3-16-52-33-19-26(41)11-14-31(33)40/h2,4,6-11,14,18-19,27-28,32,35-36,42,45-46H,3,5,12-13,15-17,20-22H2,1H3,(H,49,50)/t27-,32-,35+,36+/m1/s1. The minimum atomic E-state index is -2.26. The van der Waals surface area contributed by atoms with Crippen molar-refractivity contribution < 1.29 is 43.6 Å². The fourth-order valence-electron chi connectivity index (χ4n) is 6.88. The van der Waals surface area contributed by atoms with Gasteiger partial charge in [0.15, 0.2) is 12.2 Å². The summed E-state index contributed by atoms with van der Waals surface area (Å²) in [5, 5.41) is 32.9. The van der Waals surface area contributed by atoms with Crippen LogP contribution in [0.4, 0.5) is 4.39 Å². The second kappa shape index (κ2) is 16.6. The predicted octanol–water partition coefficient (Wildman–Crippen LogP) is 4.11. The van der Waals surface area contributed by atoms with Gasteiger partial charge in [-0.1, -0.05) is 36.4 Å². The van der Waals surface area contributed by atoms with Gasteiger partial charge >= 0.3 is 5.97 Å². The summed E-state index contributed by atoms with van der Waals surface area (Å²) in [6.07, 6.45) is -0.808. The molecule has 3 aliphatic rings. The highest BCUT2D eigenvalue weighted by atomic mass is 79.9. The molecule has 3 aromatic carbocycles. The maximum absolute atomic E-state index is 14.6. The van der Waals surface area contributed by atoms with Crippen LogP contribution in [-0.2, 0) is 20.8 Å². The number of carboxylic acids is 1. The molecule has 3 aromatic rings. The van der Waals surface area contributed by atoms with E-state index in [9.17, 15) is 34.1 Å². The highest BCUT2D eigenvalue weighted by molar-refractivity contribution is 9.10. The molecular formula is C39H43BrFN3O8. The number of hydrogen-bond acceptors (Lipinski definition) is 8. The average molecular weight is 781 g/mol. The molecule has 6 rings (SSSR count). The molecule has 276 valence electrons. The van der Waals surface area contributed by atoms with Crippen LogP contribution in [0.25, 0.3) is 5.57 Å². The van der Waals surface area contributed by atoms with E-state index in [1.165, 1.54) is 17.0 Å². The first-order valence-electron chi connectivity index (χ1n) is 17.5. The monoisotopic (exact) mass is 779 g/mol. The Labute approximate surface area is 310 Å². The van der Waals surface area contributed by atoms with Crippen molar-refractivity contribution in [3.63, 3.8) is 0 Å². The number of amides is 2. The quantitative estimate of drug-likeness (QED) is 0.167. The summed E-state index contributed by atoms with van der Waals surface area (Å²) >= 11 is 3.38. The molecule has 2 bridgehead atoms. The third-order valence-electron chi connectivity index (χ3n) is 9.65. The minimum absolute atomic E-state index is 0.0150. The SMILES string of the molecule is Cc1cccc(OCCN(C(=O)C2=C(c3ccc(CCCOc4cc(F)ccc4Br)cc3)C[C@@H]3CN(C(=O)[C@@H](O)[C@H](O)C(=O)O)C[C@H]2N3)C2CC2)c1. The summed E-state index contributed by atoms with van der Waals surface area (Å²) in [6.45, 7) is 3.23. The average Bonchev–Trinajstić information content (AvgIpc) is 3.97. The maximum atomic E-state index is 14.6. The van der Waals surface area contributed by atoms with Crippen molar-refractivity contribution in [3.8, 4) is 11.5 Å². The zero-order chi connectivity index (χ0) is 36.9. The number of carboxylic acid groups (broad SMARTS) is 1. The van der Waals surface area contributed by atoms with Gasteiger partial charge in [0.05, 0.1) is 23.7 Å². The van der Waals surface area contributed by atoms with Gasteiger partial charge in [0.25, 0.3) is 11.8 Å². The van der Waals surface area contributed by atoms with Crippen LogP contribution in [0.3, 0.4) is 0 Å². The van der Waals surface area contributed by atoms with Crippen molar-refractivity contribution in [2.45, 2.75) is 69.4 Å². The summed E-state index contributed by atoms with van der Waals surface area (Å²) in [5.74, 6) is -1.95. The van der Waals surface area contributed by atoms with E-state index in [0.717, 1.165) is 47.3 Å². The molecule has 13 heteroatoms. The highest BCUT2D eigenvalue weighted by Crippen LogP contribution is 2.37. The van der Waals surface area contributed by atoms with Crippen LogP contribution in [-0.4, -0.2) is 106 Å². The van der Waals surface area contributed by atoms with E-state index in [0.29, 0.717) is 48.4 Å². The summed E-state index contributed by atoms with van der Waals surface area (Å²) < 4.78 is 26.1. The minimum Gasteiger partial charge on any atom is -0.492 e. The second-order valence-corrected chi connectivity index (χ2v) is 14.5. The first-order valence-corrected chi connectivity index (χ1v) is 18.3. The molecule has 4 N–H and O–H groups in total. The second-order valence-electron chi connectivity index (χ2n) is 13.6. The van der Waals surface area contributed by atoms with Gasteiger partial charge in [-0.2, -0.15) is 0 Å². The number of halogens is 2. The Kier molecular flexibility index (Phi) is 11.9. The van der Waals surface area contributed by atoms with E-state index < -0.39 is 30.1 Å². The number of piperazine rings is 1. The normalized spacial score (nSPS) is 19.5. The molecule has 52 heavy (non-hydrogen) atoms. The van der Waals surface area contributed by atoms with Crippen LogP contribution in [0, 0.1) is 12.7 Å². The van der Waals surface area contributed by atoms with Crippen LogP contribution in [0.2, 0.25) is 0 Å². The fourth-order valence-corrected chi connectivity index (χ4v) is 7.24. The molecule has 11 nitrogen and oxygen atoms in total. The Bertz CT molecular complexity index is 1820. The van der Waals surface area contributed by atoms with Crippen molar-refractivity contribution in [2.24, 2.45) is 0 Å². The largest absolute Gasteiger partial charge is 0.492 e. The lowest BCUT2D eigenvalue weighted by Gasteiger charge is -2.45. The van der Waals surface area contributed by atoms with Gasteiger partial charge in [-0.05, 0) is 101 Å². The summed E-state index contributed by atoms with van der Waals surface area (Å²) in [5.41, 5.74) is 4.42. The number of aliphatic hydroxyl groups excluding tert-OH is 2. The zero-order valence-corrected chi connectivity index (χ0v) is 30.4. The van der Waals surface area contributed by atoms with E-state index >= 15 is 0 Å². The Morgan fingerprint density at radius 3 is 2.48 bits per heavy atom. The third kappa shape index (κ3) is 9.00. The van der Waals surface area contributed by atoms with E-state index in [1.54, 1.807) is 6.07 Å². The van der Waals surface area contributed by atoms with Gasteiger partial charge in [0, 0.05) is 36.8 Å². The van der Waals surface area contributed by atoms with Crippen molar-refractivity contribution in [1.29, 1.82) is 0 Å². The van der Waals surface area contributed by atoms with E-state index in [2.05, 4.69) is 21.2 Å². The van der Waals surface area contributed by atoms with Gasteiger partial charge in [-0.3, -0.25) is 9.59 Å². The lowest BCUT2D eigenvalue weighted by molar-refractivity contribution is -0.163. The molecule has 0 spiro atoms. The molecule has 2 heterocycles. The first kappa shape index (κ1) is 37.5. The summed E-state index contributed by atoms with van der Waals surface area (Å²) in [7, 11) is 0. The van der Waals surface area contributed by atoms with Crippen molar-refractivity contribution in [3.05, 3.63) is 99.3 Å². The number of nitrogens with one attached hydrogen (secondary N) is 1. The first-order chi connectivity index (χ1) is 25.0. The number of ether oxygens (including phenoxy) is 2. The molecule has 4 atom stereocenters. The van der Waals surface area contributed by atoms with Gasteiger partial charge in [-0.15, -0.1) is 0 Å². The Balaban J connectivity index is 1.22. The van der Waals surface area contributed by atoms with Crippen molar-refractivity contribution in [2.75, 3.05) is 32.8 Å². The number of carbonyl (C=O) groups excluding carboxylic acids is 2. The number of aryl methyl sites for hydroxylation is 2. The van der Waals surface area contributed by atoms with Crippen LogP contribution in [0.15, 0.2) is 76.8 Å². The highest BCUT2D eigenvalue weighted by Gasteiger charge is 2.45. The smallest absolute Gasteiger partial charge is 0.335 e. The molecule has 0 radical (unpaired) electrons. The Hall–Kier alpha value is -4.30. The molecule has 0 unspecified atom stereocenters. The van der Waals surface area contributed by atoms with Crippen LogP contribution in [0.5, 0.6) is 11.5 Å². The van der Waals surface area contributed by atoms with Gasteiger partial charge in [0.2, 0.25) is 0 Å². The number of fused-ring (bicyclic) bond motifs is 2. The summed E-state index contributed by atoms with van der Waals surface area (Å²) in [4.78, 5) is 42.3. The molecule has 2 amide bonds. The lowest BCUT2D eigenvalue weighted by atomic mass is 9.82. The number of nitrogens with zero attached hydrogens (tertiary/aromatic N) is 2. The summed E-state index contributed by atoms with van der Waals surface area (Å²) in [6, 6.07) is 19.3. The molecule has 1 aliphatic carbocycles. The molecule has 0 aromatic heterocycles. The van der Waals surface area contributed by atoms with Crippen molar-refractivity contribution >= 4 is 39.3 Å². The van der Waals surface area contributed by atoms with E-state index in [-0.39, 0.29) is 36.9 Å².